The highest BCUT2D eigenvalue weighted by Gasteiger charge is 2.32. The van der Waals surface area contributed by atoms with Crippen molar-refractivity contribution in [1.29, 1.82) is 0 Å². The standard InChI is InChI=1S/C18H30N2O3S/c1-14-9-11-20(17(13-14)16-7-5-4-6-8-16)18(21)19-15(2)10-12-24(3,22)23/h7,10,12,14-15,17H,4-6,8-9,11,13H2,1-3H3,(H,19,21)/b12-10+/t14-,15?,17+/m1/s1. The summed E-state index contributed by atoms with van der Waals surface area (Å²) in [5.41, 5.74) is 1.40. The summed E-state index contributed by atoms with van der Waals surface area (Å²) in [6, 6.07) is -0.211. The number of hydrogen-bond donors (Lipinski definition) is 1. The van der Waals surface area contributed by atoms with E-state index in [9.17, 15) is 13.2 Å². The Morgan fingerprint density at radius 2 is 2.17 bits per heavy atom. The SMILES string of the molecule is CC(/C=C/S(C)(=O)=O)NC(=O)N1CC[C@@H](C)C[C@H]1C1=CCCCC1. The Bertz CT molecular complexity index is 610. The predicted octanol–water partition coefficient (Wildman–Crippen LogP) is 3.24. The van der Waals surface area contributed by atoms with Crippen LogP contribution in [0, 0.1) is 5.92 Å². The van der Waals surface area contributed by atoms with Crippen LogP contribution in [0.2, 0.25) is 0 Å². The van der Waals surface area contributed by atoms with Gasteiger partial charge in [-0.25, -0.2) is 13.2 Å². The first-order valence-corrected chi connectivity index (χ1v) is 10.9. The predicted molar refractivity (Wildman–Crippen MR) is 97.4 cm³/mol. The average molecular weight is 355 g/mol. The Balaban J connectivity index is 2.04. The number of rotatable bonds is 4. The Kier molecular flexibility index (Phi) is 6.49. The first kappa shape index (κ1) is 19.0. The third-order valence-electron chi connectivity index (χ3n) is 4.85. The van der Waals surface area contributed by atoms with E-state index in [4.69, 9.17) is 0 Å². The minimum Gasteiger partial charge on any atom is -0.332 e. The zero-order valence-corrected chi connectivity index (χ0v) is 15.8. The maximum Gasteiger partial charge on any atom is 0.318 e. The normalized spacial score (nSPS) is 27.0. The van der Waals surface area contributed by atoms with Crippen molar-refractivity contribution < 1.29 is 13.2 Å². The fourth-order valence-corrected chi connectivity index (χ4v) is 4.01. The second kappa shape index (κ2) is 8.19. The quantitative estimate of drug-likeness (QED) is 0.788. The summed E-state index contributed by atoms with van der Waals surface area (Å²) in [6.07, 6.45) is 11.7. The van der Waals surface area contributed by atoms with E-state index in [1.807, 2.05) is 4.90 Å². The molecule has 0 aromatic rings. The van der Waals surface area contributed by atoms with Crippen molar-refractivity contribution in [2.45, 2.75) is 64.5 Å². The number of carbonyl (C=O) groups is 1. The molecule has 2 aliphatic rings. The first-order chi connectivity index (χ1) is 11.3. The van der Waals surface area contributed by atoms with Gasteiger partial charge >= 0.3 is 6.03 Å². The second-order valence-electron chi connectivity index (χ2n) is 7.26. The fourth-order valence-electron chi connectivity index (χ4n) is 3.49. The van der Waals surface area contributed by atoms with Crippen molar-refractivity contribution in [3.63, 3.8) is 0 Å². The van der Waals surface area contributed by atoms with Crippen LogP contribution >= 0.6 is 0 Å². The smallest absolute Gasteiger partial charge is 0.318 e. The van der Waals surface area contributed by atoms with Gasteiger partial charge in [-0.2, -0.15) is 0 Å². The van der Waals surface area contributed by atoms with Gasteiger partial charge in [-0.3, -0.25) is 0 Å². The van der Waals surface area contributed by atoms with Gasteiger partial charge in [0, 0.05) is 24.3 Å². The highest BCUT2D eigenvalue weighted by atomic mass is 32.2. The lowest BCUT2D eigenvalue weighted by Crippen LogP contribution is -2.52. The van der Waals surface area contributed by atoms with Crippen LogP contribution in [0.3, 0.4) is 0 Å². The largest absolute Gasteiger partial charge is 0.332 e. The highest BCUT2D eigenvalue weighted by Crippen LogP contribution is 2.32. The van der Waals surface area contributed by atoms with Gasteiger partial charge in [-0.05, 0) is 51.4 Å². The summed E-state index contributed by atoms with van der Waals surface area (Å²) < 4.78 is 22.4. The lowest BCUT2D eigenvalue weighted by atomic mass is 9.84. The fraction of sp³-hybridized carbons (Fsp3) is 0.722. The lowest BCUT2D eigenvalue weighted by molar-refractivity contribution is 0.142. The molecule has 1 fully saturated rings. The number of likely N-dealkylation sites (tertiary alicyclic amines) is 1. The molecule has 1 unspecified atom stereocenters. The summed E-state index contributed by atoms with van der Waals surface area (Å²) in [7, 11) is -3.17. The van der Waals surface area contributed by atoms with Crippen molar-refractivity contribution in [2.75, 3.05) is 12.8 Å². The number of piperidine rings is 1. The first-order valence-electron chi connectivity index (χ1n) is 8.90. The highest BCUT2D eigenvalue weighted by molar-refractivity contribution is 7.93. The van der Waals surface area contributed by atoms with Crippen LogP contribution in [-0.4, -0.2) is 44.2 Å². The Morgan fingerprint density at radius 3 is 2.79 bits per heavy atom. The number of allylic oxidation sites excluding steroid dienone is 1. The molecule has 1 saturated heterocycles. The molecule has 2 rings (SSSR count). The number of nitrogens with zero attached hydrogens (tertiary/aromatic N) is 1. The maximum atomic E-state index is 12.7. The third kappa shape index (κ3) is 5.65. The molecule has 1 N–H and O–H groups in total. The third-order valence-corrected chi connectivity index (χ3v) is 5.50. The minimum absolute atomic E-state index is 0.0935. The molecule has 5 nitrogen and oxygen atoms in total. The lowest BCUT2D eigenvalue weighted by Gasteiger charge is -2.41. The van der Waals surface area contributed by atoms with E-state index >= 15 is 0 Å². The zero-order valence-electron chi connectivity index (χ0n) is 15.0. The van der Waals surface area contributed by atoms with Crippen LogP contribution in [-0.2, 0) is 9.84 Å². The van der Waals surface area contributed by atoms with Gasteiger partial charge in [-0.15, -0.1) is 0 Å². The zero-order chi connectivity index (χ0) is 17.7. The molecule has 24 heavy (non-hydrogen) atoms. The van der Waals surface area contributed by atoms with Crippen LogP contribution in [0.15, 0.2) is 23.1 Å². The van der Waals surface area contributed by atoms with Gasteiger partial charge in [-0.1, -0.05) is 24.6 Å². The summed E-state index contributed by atoms with van der Waals surface area (Å²) >= 11 is 0. The molecule has 2 amide bonds. The number of hydrogen-bond acceptors (Lipinski definition) is 3. The molecule has 0 saturated carbocycles. The molecule has 0 radical (unpaired) electrons. The summed E-state index contributed by atoms with van der Waals surface area (Å²) in [5.74, 6) is 0.629. The van der Waals surface area contributed by atoms with E-state index in [2.05, 4.69) is 18.3 Å². The summed E-state index contributed by atoms with van der Waals surface area (Å²) in [6.45, 7) is 4.81. The number of urea groups is 1. The molecule has 0 aromatic heterocycles. The van der Waals surface area contributed by atoms with Crippen LogP contribution in [0.4, 0.5) is 4.79 Å². The monoisotopic (exact) mass is 354 g/mol. The molecule has 6 heteroatoms. The van der Waals surface area contributed by atoms with Crippen molar-refractivity contribution in [3.8, 4) is 0 Å². The summed E-state index contributed by atoms with van der Waals surface area (Å²) in [4.78, 5) is 14.6. The number of carbonyl (C=O) groups excluding carboxylic acids is 1. The van der Waals surface area contributed by atoms with E-state index in [1.54, 1.807) is 6.92 Å². The molecule has 1 heterocycles. The van der Waals surface area contributed by atoms with Crippen LogP contribution in [0.25, 0.3) is 0 Å². The van der Waals surface area contributed by atoms with Gasteiger partial charge in [0.25, 0.3) is 0 Å². The van der Waals surface area contributed by atoms with Crippen LogP contribution in [0.1, 0.15) is 52.4 Å². The van der Waals surface area contributed by atoms with E-state index in [0.29, 0.717) is 5.92 Å². The van der Waals surface area contributed by atoms with Gasteiger partial charge in [0.15, 0.2) is 9.84 Å². The molecular weight excluding hydrogens is 324 g/mol. The molecule has 0 aromatic carbocycles. The van der Waals surface area contributed by atoms with Crippen LogP contribution in [0.5, 0.6) is 0 Å². The summed E-state index contributed by atoms with van der Waals surface area (Å²) in [5, 5.41) is 4.06. The maximum absolute atomic E-state index is 12.7. The molecular formula is C18H30N2O3S. The molecule has 3 atom stereocenters. The minimum atomic E-state index is -3.17. The van der Waals surface area contributed by atoms with Crippen molar-refractivity contribution in [1.82, 2.24) is 10.2 Å². The van der Waals surface area contributed by atoms with Gasteiger partial charge < -0.3 is 10.2 Å². The van der Waals surface area contributed by atoms with Crippen molar-refractivity contribution >= 4 is 15.9 Å². The Morgan fingerprint density at radius 1 is 1.42 bits per heavy atom. The molecule has 0 spiro atoms. The van der Waals surface area contributed by atoms with Gasteiger partial charge in [0.05, 0.1) is 6.04 Å². The number of nitrogens with one attached hydrogen (secondary N) is 1. The van der Waals surface area contributed by atoms with Crippen LogP contribution < -0.4 is 5.32 Å². The Labute approximate surface area is 146 Å². The van der Waals surface area contributed by atoms with Crippen molar-refractivity contribution in [2.24, 2.45) is 5.92 Å². The van der Waals surface area contributed by atoms with Gasteiger partial charge in [0.2, 0.25) is 0 Å². The number of sulfone groups is 1. The molecule has 0 bridgehead atoms. The van der Waals surface area contributed by atoms with Crippen molar-refractivity contribution in [3.05, 3.63) is 23.1 Å². The molecule has 136 valence electrons. The Hall–Kier alpha value is -1.30. The average Bonchev–Trinajstić information content (AvgIpc) is 2.53. The second-order valence-corrected chi connectivity index (χ2v) is 9.19. The van der Waals surface area contributed by atoms with E-state index < -0.39 is 9.84 Å². The van der Waals surface area contributed by atoms with E-state index in [1.165, 1.54) is 24.5 Å². The number of amides is 2. The van der Waals surface area contributed by atoms with E-state index in [0.717, 1.165) is 43.9 Å². The molecule has 1 aliphatic carbocycles. The van der Waals surface area contributed by atoms with Gasteiger partial charge in [0.1, 0.15) is 0 Å². The van der Waals surface area contributed by atoms with E-state index in [-0.39, 0.29) is 18.1 Å². The molecule has 1 aliphatic heterocycles. The topological polar surface area (TPSA) is 66.5 Å².